The predicted octanol–water partition coefficient (Wildman–Crippen LogP) is 2.70. The summed E-state index contributed by atoms with van der Waals surface area (Å²) in [4.78, 5) is 26.7. The molecule has 0 amide bonds. The number of hydrogen-bond acceptors (Lipinski definition) is 12. The van der Waals surface area contributed by atoms with Crippen LogP contribution >= 0.6 is 23.2 Å². The van der Waals surface area contributed by atoms with Gasteiger partial charge in [0.05, 0.1) is 28.4 Å². The maximum atomic E-state index is 10.1. The Bertz CT molecular complexity index is 1470. The van der Waals surface area contributed by atoms with Gasteiger partial charge in [0.1, 0.15) is 11.6 Å². The zero-order chi connectivity index (χ0) is 38.5. The van der Waals surface area contributed by atoms with Crippen molar-refractivity contribution >= 4 is 40.8 Å². The van der Waals surface area contributed by atoms with Crippen molar-refractivity contribution < 1.29 is 55.3 Å². The Labute approximate surface area is 329 Å². The third-order valence-corrected chi connectivity index (χ3v) is 6.11. The minimum atomic E-state index is -4.94. The standard InChI is InChI=1S/C28H40N6.C7H6O2.CH2Cl2.ClHO4.Ni/c1-27(2,3)20-30-25-14-9-12-23(32-25)18-34(17-22-11-7-8-16-29-22)19-24-13-10-15-26(33-24)31-21-28(4,5)6;8-7(9)6-4-2-1-3-5-6;2-1-3;2-1(3,4)5;/h7-16H,17-21H2,1-6H3,(H,30,32)(H,31,33);1-5H,(H,8,9);1H2;(H,2,3,4,5);/q;;;;+3/p-2. The van der Waals surface area contributed by atoms with E-state index in [0.717, 1.165) is 48.4 Å². The number of alkyl halides is 2. The maximum absolute atomic E-state index is 10.1. The van der Waals surface area contributed by atoms with Crippen molar-refractivity contribution in [1.29, 1.82) is 0 Å². The molecule has 0 aliphatic rings. The molecular formula is C36H47Cl3N6NiO6+. The van der Waals surface area contributed by atoms with Crippen molar-refractivity contribution in [1.82, 2.24) is 19.9 Å². The van der Waals surface area contributed by atoms with Gasteiger partial charge in [-0.25, -0.2) is 28.6 Å². The first kappa shape index (κ1) is 48.9. The van der Waals surface area contributed by atoms with Gasteiger partial charge in [-0.1, -0.05) is 90.1 Å². The molecule has 287 valence electrons. The summed E-state index contributed by atoms with van der Waals surface area (Å²) in [6.07, 6.45) is 1.85. The van der Waals surface area contributed by atoms with E-state index >= 15 is 0 Å². The second-order valence-corrected chi connectivity index (χ2v) is 15.0. The summed E-state index contributed by atoms with van der Waals surface area (Å²) in [6, 6.07) is 26.5. The maximum Gasteiger partial charge on any atom is 3.00 e. The number of halogens is 3. The number of carboxylic acids is 1. The molecule has 1 radical (unpaired) electrons. The molecule has 0 aliphatic carbocycles. The number of rotatable bonds is 11. The summed E-state index contributed by atoms with van der Waals surface area (Å²) in [7, 11) is -4.94. The molecule has 12 nitrogen and oxygen atoms in total. The summed E-state index contributed by atoms with van der Waals surface area (Å²) in [5.41, 5.74) is 3.69. The normalized spacial score (nSPS) is 10.9. The van der Waals surface area contributed by atoms with Gasteiger partial charge in [-0.2, -0.15) is 0 Å². The van der Waals surface area contributed by atoms with Crippen LogP contribution in [0.15, 0.2) is 91.1 Å². The van der Waals surface area contributed by atoms with Crippen LogP contribution in [0, 0.1) is 21.1 Å². The van der Waals surface area contributed by atoms with Gasteiger partial charge in [0.25, 0.3) is 0 Å². The summed E-state index contributed by atoms with van der Waals surface area (Å²) < 4.78 is 34.0. The number of carbonyl (C=O) groups excluding carboxylic acids is 1. The number of carbonyl (C=O) groups is 1. The van der Waals surface area contributed by atoms with Crippen LogP contribution in [0.4, 0.5) is 11.6 Å². The zero-order valence-electron chi connectivity index (χ0n) is 30.1. The van der Waals surface area contributed by atoms with E-state index in [9.17, 15) is 9.90 Å². The number of hydrogen-bond donors (Lipinski definition) is 2. The summed E-state index contributed by atoms with van der Waals surface area (Å²) in [5, 5.41) is 17.2. The SMILES string of the molecule is CC(C)(C)CNc1cccc(CN(Cc2ccccn2)Cc2cccc(NCC(C)(C)C)n2)n1.ClCCl.O=C([O-])c1ccccc1.[Ni+3].[O-][Cl+3]([O-])([O-])[O-]. The van der Waals surface area contributed by atoms with E-state index < -0.39 is 16.2 Å². The minimum absolute atomic E-state index is 0. The molecule has 0 aliphatic heterocycles. The van der Waals surface area contributed by atoms with Crippen molar-refractivity contribution in [3.05, 3.63) is 114 Å². The van der Waals surface area contributed by atoms with E-state index in [0.29, 0.717) is 13.1 Å². The van der Waals surface area contributed by atoms with Gasteiger partial charge >= 0.3 is 16.5 Å². The van der Waals surface area contributed by atoms with Crippen LogP contribution in [-0.4, -0.2) is 44.2 Å². The number of aromatic carboxylic acids is 1. The van der Waals surface area contributed by atoms with E-state index in [1.807, 2.05) is 30.5 Å². The van der Waals surface area contributed by atoms with Gasteiger partial charge in [-0.05, 0) is 52.8 Å². The first-order valence-corrected chi connectivity index (χ1v) is 18.1. The van der Waals surface area contributed by atoms with Crippen molar-refractivity contribution in [2.45, 2.75) is 61.2 Å². The Morgan fingerprint density at radius 3 is 1.40 bits per heavy atom. The number of carboxylic acid groups (broad SMARTS) is 1. The van der Waals surface area contributed by atoms with E-state index in [2.05, 4.69) is 92.4 Å². The molecule has 0 fully saturated rings. The van der Waals surface area contributed by atoms with E-state index in [1.54, 1.807) is 18.2 Å². The Kier molecular flexibility index (Phi) is 23.5. The molecule has 2 N–H and O–H groups in total. The number of benzene rings is 1. The van der Waals surface area contributed by atoms with Crippen LogP contribution < -0.4 is 34.4 Å². The molecule has 3 heterocycles. The quantitative estimate of drug-likeness (QED) is 0.166. The molecule has 3 aromatic heterocycles. The minimum Gasteiger partial charge on any atom is -0.545 e. The largest absolute Gasteiger partial charge is 3.00 e. The molecule has 52 heavy (non-hydrogen) atoms. The van der Waals surface area contributed by atoms with E-state index in [4.69, 9.17) is 51.8 Å². The first-order chi connectivity index (χ1) is 23.8. The molecule has 1 aromatic carbocycles. The Balaban J connectivity index is 0.00000119. The molecule has 0 saturated carbocycles. The molecule has 0 spiro atoms. The Morgan fingerprint density at radius 1 is 0.673 bits per heavy atom. The molecule has 0 bridgehead atoms. The van der Waals surface area contributed by atoms with Crippen molar-refractivity contribution in [2.75, 3.05) is 29.1 Å². The number of anilines is 2. The fourth-order valence-corrected chi connectivity index (χ4v) is 3.96. The summed E-state index contributed by atoms with van der Waals surface area (Å²) in [5.74, 6) is 0.698. The van der Waals surface area contributed by atoms with Crippen LogP contribution in [-0.2, 0) is 36.1 Å². The number of nitrogens with one attached hydrogen (secondary N) is 2. The molecule has 0 atom stereocenters. The number of nitrogens with zero attached hydrogens (tertiary/aromatic N) is 4. The van der Waals surface area contributed by atoms with Gasteiger partial charge in [0, 0.05) is 38.9 Å². The molecule has 0 unspecified atom stereocenters. The number of aromatic nitrogens is 3. The second-order valence-electron chi connectivity index (χ2n) is 13.5. The van der Waals surface area contributed by atoms with Crippen molar-refractivity contribution in [3.63, 3.8) is 0 Å². The smallest absolute Gasteiger partial charge is 0.545 e. The first-order valence-electron chi connectivity index (χ1n) is 15.8. The topological polar surface area (TPSA) is 198 Å². The van der Waals surface area contributed by atoms with Gasteiger partial charge in [-0.15, -0.1) is 33.4 Å². The molecule has 16 heteroatoms. The van der Waals surface area contributed by atoms with Gasteiger partial charge < -0.3 is 20.5 Å². The van der Waals surface area contributed by atoms with E-state index in [-0.39, 0.29) is 38.2 Å². The van der Waals surface area contributed by atoms with Crippen LogP contribution in [0.3, 0.4) is 0 Å². The Morgan fingerprint density at radius 2 is 1.06 bits per heavy atom. The van der Waals surface area contributed by atoms with Crippen molar-refractivity contribution in [3.8, 4) is 0 Å². The third kappa shape index (κ3) is 26.6. The monoisotopic (exact) mass is 822 g/mol. The van der Waals surface area contributed by atoms with Crippen LogP contribution in [0.25, 0.3) is 0 Å². The van der Waals surface area contributed by atoms with Crippen LogP contribution in [0.2, 0.25) is 0 Å². The predicted molar refractivity (Wildman–Crippen MR) is 189 cm³/mol. The fraction of sp³-hybridized carbons (Fsp3) is 0.389. The molecule has 4 rings (SSSR count). The van der Waals surface area contributed by atoms with Crippen LogP contribution in [0.5, 0.6) is 0 Å². The molecular weight excluding hydrogens is 777 g/mol. The average molecular weight is 825 g/mol. The van der Waals surface area contributed by atoms with E-state index in [1.165, 1.54) is 12.1 Å². The summed E-state index contributed by atoms with van der Waals surface area (Å²) >= 11 is 9.53. The van der Waals surface area contributed by atoms with Gasteiger partial charge in [0.15, 0.2) is 0 Å². The fourth-order valence-electron chi connectivity index (χ4n) is 3.96. The van der Waals surface area contributed by atoms with Gasteiger partial charge in [-0.3, -0.25) is 9.88 Å². The third-order valence-electron chi connectivity index (χ3n) is 6.11. The second kappa shape index (κ2) is 25.0. The van der Waals surface area contributed by atoms with Crippen molar-refractivity contribution in [2.24, 2.45) is 10.8 Å². The van der Waals surface area contributed by atoms with Crippen LogP contribution in [0.1, 0.15) is 69.0 Å². The average Bonchev–Trinajstić information content (AvgIpc) is 3.03. The molecule has 0 saturated heterocycles. The van der Waals surface area contributed by atoms with Gasteiger partial charge in [0.2, 0.25) is 0 Å². The number of pyridine rings is 3. The summed E-state index contributed by atoms with van der Waals surface area (Å²) in [6.45, 7) is 17.2. The molecule has 4 aromatic rings. The zero-order valence-corrected chi connectivity index (χ0v) is 33.3. The Hall–Kier alpha value is -3.10.